The molecule has 0 bridgehead atoms. The Balaban J connectivity index is 1.63. The van der Waals surface area contributed by atoms with Gasteiger partial charge in [0.05, 0.1) is 6.54 Å². The van der Waals surface area contributed by atoms with Gasteiger partial charge in [-0.25, -0.2) is 4.79 Å². The zero-order valence-electron chi connectivity index (χ0n) is 13.6. The summed E-state index contributed by atoms with van der Waals surface area (Å²) in [5.74, 6) is 0.554. The number of anilines is 1. The molecule has 0 spiro atoms. The van der Waals surface area contributed by atoms with Crippen LogP contribution < -0.4 is 10.6 Å². The van der Waals surface area contributed by atoms with Gasteiger partial charge in [0.15, 0.2) is 11.6 Å². The molecule has 0 aliphatic heterocycles. The third-order valence-corrected chi connectivity index (χ3v) is 3.59. The summed E-state index contributed by atoms with van der Waals surface area (Å²) in [6, 6.07) is 16.0. The van der Waals surface area contributed by atoms with Gasteiger partial charge in [0.1, 0.15) is 6.33 Å². The number of hydrogen-bond donors (Lipinski definition) is 2. The second-order valence-electron chi connectivity index (χ2n) is 5.40. The monoisotopic (exact) mass is 335 g/mol. The molecule has 0 radical (unpaired) electrons. The van der Waals surface area contributed by atoms with Crippen LogP contribution in [0.2, 0.25) is 0 Å². The van der Waals surface area contributed by atoms with Gasteiger partial charge in [-0.3, -0.25) is 9.36 Å². The smallest absolute Gasteiger partial charge is 0.319 e. The fourth-order valence-electron chi connectivity index (χ4n) is 2.33. The molecule has 2 amide bonds. The lowest BCUT2D eigenvalue weighted by Crippen LogP contribution is -2.29. The molecule has 7 heteroatoms. The van der Waals surface area contributed by atoms with Crippen LogP contribution in [0.25, 0.3) is 5.69 Å². The quantitative estimate of drug-likeness (QED) is 0.702. The highest BCUT2D eigenvalue weighted by molar-refractivity contribution is 5.96. The maximum atomic E-state index is 12.1. The van der Waals surface area contributed by atoms with E-state index in [0.717, 1.165) is 5.69 Å². The van der Waals surface area contributed by atoms with Gasteiger partial charge in [-0.1, -0.05) is 30.3 Å². The van der Waals surface area contributed by atoms with Gasteiger partial charge in [-0.15, -0.1) is 10.2 Å². The molecule has 0 aliphatic rings. The van der Waals surface area contributed by atoms with Crippen molar-refractivity contribution >= 4 is 17.5 Å². The Labute approximate surface area is 144 Å². The van der Waals surface area contributed by atoms with Crippen molar-refractivity contribution in [1.29, 1.82) is 0 Å². The van der Waals surface area contributed by atoms with Gasteiger partial charge in [0.2, 0.25) is 0 Å². The summed E-state index contributed by atoms with van der Waals surface area (Å²) in [5.41, 5.74) is 2.01. The Morgan fingerprint density at radius 1 is 1.08 bits per heavy atom. The Morgan fingerprint density at radius 2 is 1.88 bits per heavy atom. The third-order valence-electron chi connectivity index (χ3n) is 3.59. The first-order valence-electron chi connectivity index (χ1n) is 7.73. The number of ketones is 1. The Hall–Kier alpha value is -3.48. The van der Waals surface area contributed by atoms with E-state index in [9.17, 15) is 9.59 Å². The number of carbonyl (C=O) groups is 2. The van der Waals surface area contributed by atoms with E-state index in [2.05, 4.69) is 20.8 Å². The number of amides is 2. The topological polar surface area (TPSA) is 88.9 Å². The summed E-state index contributed by atoms with van der Waals surface area (Å²) in [4.78, 5) is 23.5. The second kappa shape index (κ2) is 7.39. The molecule has 7 nitrogen and oxygen atoms in total. The highest BCUT2D eigenvalue weighted by Gasteiger charge is 2.09. The predicted octanol–water partition coefficient (Wildman–Crippen LogP) is 2.79. The summed E-state index contributed by atoms with van der Waals surface area (Å²) in [7, 11) is 0. The van der Waals surface area contributed by atoms with E-state index < -0.39 is 0 Å². The number of para-hydroxylation sites is 1. The normalized spacial score (nSPS) is 10.3. The fourth-order valence-corrected chi connectivity index (χ4v) is 2.33. The third kappa shape index (κ3) is 4.08. The molecule has 0 saturated carbocycles. The van der Waals surface area contributed by atoms with E-state index in [-0.39, 0.29) is 18.4 Å². The van der Waals surface area contributed by atoms with Gasteiger partial charge < -0.3 is 10.6 Å². The fraction of sp³-hybridized carbons (Fsp3) is 0.111. The van der Waals surface area contributed by atoms with E-state index in [0.29, 0.717) is 17.1 Å². The van der Waals surface area contributed by atoms with Crippen molar-refractivity contribution in [2.45, 2.75) is 13.5 Å². The van der Waals surface area contributed by atoms with Crippen molar-refractivity contribution in [2.24, 2.45) is 0 Å². The molecule has 1 heterocycles. The van der Waals surface area contributed by atoms with Crippen molar-refractivity contribution in [2.75, 3.05) is 5.32 Å². The van der Waals surface area contributed by atoms with Crippen LogP contribution in [0.3, 0.4) is 0 Å². The molecule has 0 atom stereocenters. The number of aromatic nitrogens is 3. The average Bonchev–Trinajstić information content (AvgIpc) is 3.09. The van der Waals surface area contributed by atoms with E-state index in [1.165, 1.54) is 6.92 Å². The summed E-state index contributed by atoms with van der Waals surface area (Å²) in [6.45, 7) is 1.70. The van der Waals surface area contributed by atoms with Crippen molar-refractivity contribution < 1.29 is 9.59 Å². The van der Waals surface area contributed by atoms with Gasteiger partial charge >= 0.3 is 6.03 Å². The van der Waals surface area contributed by atoms with Crippen LogP contribution in [0.4, 0.5) is 10.5 Å². The van der Waals surface area contributed by atoms with Crippen LogP contribution in [0.15, 0.2) is 60.9 Å². The number of hydrogen-bond acceptors (Lipinski definition) is 4. The van der Waals surface area contributed by atoms with E-state index >= 15 is 0 Å². The summed E-state index contributed by atoms with van der Waals surface area (Å²) >= 11 is 0. The molecule has 0 saturated heterocycles. The number of rotatable bonds is 5. The lowest BCUT2D eigenvalue weighted by Gasteiger charge is -2.09. The van der Waals surface area contributed by atoms with Crippen LogP contribution in [-0.2, 0) is 6.54 Å². The van der Waals surface area contributed by atoms with Gasteiger partial charge in [-0.2, -0.15) is 0 Å². The zero-order chi connectivity index (χ0) is 17.6. The number of carbonyl (C=O) groups excluding carboxylic acids is 2. The molecular formula is C18H17N5O2. The summed E-state index contributed by atoms with van der Waals surface area (Å²) in [5, 5.41) is 13.4. The van der Waals surface area contributed by atoms with E-state index in [4.69, 9.17) is 0 Å². The number of Topliss-reactive ketones (excluding diaryl/α,β-unsaturated/α-hetero) is 1. The van der Waals surface area contributed by atoms with E-state index in [1.807, 2.05) is 30.3 Å². The summed E-state index contributed by atoms with van der Waals surface area (Å²) in [6.07, 6.45) is 1.60. The molecule has 0 unspecified atom stereocenters. The highest BCUT2D eigenvalue weighted by atomic mass is 16.2. The Bertz CT molecular complexity index is 889. The van der Waals surface area contributed by atoms with Crippen molar-refractivity contribution in [3.05, 3.63) is 72.3 Å². The molecule has 1 aromatic heterocycles. The SMILES string of the molecule is CC(=O)c1cccc(NC(=O)NCc2nncn2-c2ccccc2)c1. The first-order valence-corrected chi connectivity index (χ1v) is 7.73. The first kappa shape index (κ1) is 16.4. The lowest BCUT2D eigenvalue weighted by molar-refractivity contribution is 0.101. The Kier molecular flexibility index (Phi) is 4.84. The van der Waals surface area contributed by atoms with Crippen molar-refractivity contribution in [3.8, 4) is 5.69 Å². The van der Waals surface area contributed by atoms with Crippen LogP contribution >= 0.6 is 0 Å². The van der Waals surface area contributed by atoms with Gasteiger partial charge in [0.25, 0.3) is 0 Å². The minimum Gasteiger partial charge on any atom is -0.331 e. The average molecular weight is 335 g/mol. The maximum Gasteiger partial charge on any atom is 0.319 e. The molecular weight excluding hydrogens is 318 g/mol. The zero-order valence-corrected chi connectivity index (χ0v) is 13.6. The first-order chi connectivity index (χ1) is 12.1. The number of nitrogens with zero attached hydrogens (tertiary/aromatic N) is 3. The molecule has 0 fully saturated rings. The lowest BCUT2D eigenvalue weighted by atomic mass is 10.1. The predicted molar refractivity (Wildman–Crippen MR) is 93.7 cm³/mol. The second-order valence-corrected chi connectivity index (χ2v) is 5.40. The standard InChI is InChI=1S/C18H17N5O2/c1-13(24)14-6-5-7-15(10-14)21-18(25)19-11-17-22-20-12-23(17)16-8-3-2-4-9-16/h2-10,12H,11H2,1H3,(H2,19,21,25). The van der Waals surface area contributed by atoms with Crippen molar-refractivity contribution in [3.63, 3.8) is 0 Å². The van der Waals surface area contributed by atoms with Gasteiger partial charge in [-0.05, 0) is 31.2 Å². The van der Waals surface area contributed by atoms with Crippen molar-refractivity contribution in [1.82, 2.24) is 20.1 Å². The molecule has 2 N–H and O–H groups in total. The molecule has 0 aliphatic carbocycles. The minimum absolute atomic E-state index is 0.0555. The minimum atomic E-state index is -0.386. The summed E-state index contributed by atoms with van der Waals surface area (Å²) < 4.78 is 1.80. The van der Waals surface area contributed by atoms with Crippen LogP contribution in [-0.4, -0.2) is 26.6 Å². The Morgan fingerprint density at radius 3 is 2.64 bits per heavy atom. The van der Waals surface area contributed by atoms with Gasteiger partial charge in [0, 0.05) is 16.9 Å². The molecule has 3 rings (SSSR count). The van der Waals surface area contributed by atoms with Crippen LogP contribution in [0, 0.1) is 0 Å². The highest BCUT2D eigenvalue weighted by Crippen LogP contribution is 2.11. The van der Waals surface area contributed by atoms with Crippen LogP contribution in [0.5, 0.6) is 0 Å². The molecule has 25 heavy (non-hydrogen) atoms. The largest absolute Gasteiger partial charge is 0.331 e. The van der Waals surface area contributed by atoms with Crippen LogP contribution in [0.1, 0.15) is 23.1 Å². The number of urea groups is 1. The van der Waals surface area contributed by atoms with E-state index in [1.54, 1.807) is 35.2 Å². The number of nitrogens with one attached hydrogen (secondary N) is 2. The molecule has 126 valence electrons. The molecule has 3 aromatic rings. The molecule has 2 aromatic carbocycles. The maximum absolute atomic E-state index is 12.1. The number of benzene rings is 2.